The maximum absolute atomic E-state index is 13.7. The zero-order chi connectivity index (χ0) is 13.6. The molecule has 2 heterocycles. The van der Waals surface area contributed by atoms with Gasteiger partial charge in [-0.2, -0.15) is 0 Å². The van der Waals surface area contributed by atoms with E-state index < -0.39 is 5.97 Å². The van der Waals surface area contributed by atoms with Crippen LogP contribution in [0, 0.1) is 12.7 Å². The Morgan fingerprint density at radius 3 is 2.95 bits per heavy atom. The minimum absolute atomic E-state index is 0.250. The molecular weight excluding hydrogens is 251 g/mol. The fourth-order valence-corrected chi connectivity index (χ4v) is 2.14. The Kier molecular flexibility index (Phi) is 2.38. The van der Waals surface area contributed by atoms with E-state index in [2.05, 4.69) is 10.1 Å². The molecule has 0 aliphatic carbocycles. The van der Waals surface area contributed by atoms with Gasteiger partial charge in [0, 0.05) is 22.7 Å². The van der Waals surface area contributed by atoms with Gasteiger partial charge in [0.15, 0.2) is 0 Å². The number of rotatable bonds is 2. The molecule has 6 heteroatoms. The van der Waals surface area contributed by atoms with E-state index in [-0.39, 0.29) is 11.6 Å². The van der Waals surface area contributed by atoms with Crippen molar-refractivity contribution in [2.45, 2.75) is 6.92 Å². The molecule has 0 fully saturated rings. The average molecular weight is 260 g/mol. The molecule has 0 amide bonds. The van der Waals surface area contributed by atoms with Crippen molar-refractivity contribution in [3.8, 4) is 11.3 Å². The third kappa shape index (κ3) is 1.69. The monoisotopic (exact) mass is 260 g/mol. The summed E-state index contributed by atoms with van der Waals surface area (Å²) in [5.41, 5.74) is 2.08. The molecule has 0 saturated carbocycles. The van der Waals surface area contributed by atoms with Crippen molar-refractivity contribution in [2.75, 3.05) is 0 Å². The van der Waals surface area contributed by atoms with Gasteiger partial charge < -0.3 is 14.6 Å². The molecule has 2 N–H and O–H groups in total. The second-order valence-corrected chi connectivity index (χ2v) is 4.17. The Morgan fingerprint density at radius 2 is 2.26 bits per heavy atom. The van der Waals surface area contributed by atoms with Crippen molar-refractivity contribution >= 4 is 16.9 Å². The number of benzene rings is 1. The van der Waals surface area contributed by atoms with E-state index in [1.165, 1.54) is 12.1 Å². The van der Waals surface area contributed by atoms with Crippen molar-refractivity contribution in [3.05, 3.63) is 41.5 Å². The summed E-state index contributed by atoms with van der Waals surface area (Å²) in [5, 5.41) is 13.2. The molecule has 0 spiro atoms. The minimum atomic E-state index is -1.19. The van der Waals surface area contributed by atoms with E-state index in [0.29, 0.717) is 27.9 Å². The number of aryl methyl sites for hydroxylation is 1. The number of aromatic amines is 1. The summed E-state index contributed by atoms with van der Waals surface area (Å²) in [7, 11) is 0. The summed E-state index contributed by atoms with van der Waals surface area (Å²) in [5.74, 6) is -1.81. The summed E-state index contributed by atoms with van der Waals surface area (Å²) >= 11 is 0. The molecule has 0 bridgehead atoms. The number of hydrogen-bond acceptors (Lipinski definition) is 3. The molecule has 1 aromatic carbocycles. The van der Waals surface area contributed by atoms with Gasteiger partial charge in [0.25, 0.3) is 0 Å². The number of nitrogens with zero attached hydrogens (tertiary/aromatic N) is 1. The predicted molar refractivity (Wildman–Crippen MR) is 65.5 cm³/mol. The molecule has 2 aromatic heterocycles. The van der Waals surface area contributed by atoms with Gasteiger partial charge in [0.1, 0.15) is 11.5 Å². The van der Waals surface area contributed by atoms with Gasteiger partial charge in [-0.15, -0.1) is 0 Å². The zero-order valence-corrected chi connectivity index (χ0v) is 9.90. The van der Waals surface area contributed by atoms with Crippen LogP contribution in [0.2, 0.25) is 0 Å². The maximum atomic E-state index is 13.7. The van der Waals surface area contributed by atoms with Crippen molar-refractivity contribution in [1.29, 1.82) is 0 Å². The molecule has 96 valence electrons. The Balaban J connectivity index is 2.26. The van der Waals surface area contributed by atoms with E-state index in [1.807, 2.05) is 0 Å². The van der Waals surface area contributed by atoms with Crippen LogP contribution in [0.5, 0.6) is 0 Å². The topological polar surface area (TPSA) is 79.1 Å². The minimum Gasteiger partial charge on any atom is -0.475 e. The number of hydrogen-bond donors (Lipinski definition) is 2. The van der Waals surface area contributed by atoms with Crippen LogP contribution in [0.15, 0.2) is 28.8 Å². The normalized spacial score (nSPS) is 11.1. The van der Waals surface area contributed by atoms with Gasteiger partial charge in [-0.25, -0.2) is 9.18 Å². The lowest BCUT2D eigenvalue weighted by Crippen LogP contribution is -1.91. The van der Waals surface area contributed by atoms with Crippen molar-refractivity contribution in [1.82, 2.24) is 10.1 Å². The van der Waals surface area contributed by atoms with Crippen LogP contribution >= 0.6 is 0 Å². The average Bonchev–Trinajstić information content (AvgIpc) is 2.93. The first-order valence-electron chi connectivity index (χ1n) is 5.55. The highest BCUT2D eigenvalue weighted by Gasteiger charge is 2.18. The Hall–Kier alpha value is -2.63. The molecule has 0 unspecified atom stereocenters. The summed E-state index contributed by atoms with van der Waals surface area (Å²) in [6.07, 6.45) is 0. The van der Waals surface area contributed by atoms with Crippen LogP contribution in [0.3, 0.4) is 0 Å². The number of fused-ring (bicyclic) bond motifs is 1. The number of para-hydroxylation sites is 1. The fraction of sp³-hybridized carbons (Fsp3) is 0.0769. The smallest absolute Gasteiger partial charge is 0.374 e. The van der Waals surface area contributed by atoms with E-state index >= 15 is 0 Å². The Labute approximate surface area is 106 Å². The number of aromatic nitrogens is 2. The van der Waals surface area contributed by atoms with E-state index in [9.17, 15) is 9.18 Å². The highest BCUT2D eigenvalue weighted by atomic mass is 19.1. The van der Waals surface area contributed by atoms with Crippen LogP contribution in [-0.4, -0.2) is 21.2 Å². The third-order valence-corrected chi connectivity index (χ3v) is 2.95. The summed E-state index contributed by atoms with van der Waals surface area (Å²) in [6, 6.07) is 6.01. The lowest BCUT2D eigenvalue weighted by molar-refractivity contribution is 0.0652. The van der Waals surface area contributed by atoms with Gasteiger partial charge in [0.05, 0.1) is 5.52 Å². The van der Waals surface area contributed by atoms with Gasteiger partial charge >= 0.3 is 5.97 Å². The SMILES string of the molecule is Cc1[nH]c2c(F)cccc2c1-c1cc(C(=O)O)on1. The lowest BCUT2D eigenvalue weighted by Gasteiger charge is -1.95. The molecule has 0 radical (unpaired) electrons. The molecule has 3 aromatic rings. The number of carbonyl (C=O) groups is 1. The molecular formula is C13H9FN2O3. The zero-order valence-electron chi connectivity index (χ0n) is 9.90. The van der Waals surface area contributed by atoms with Crippen molar-refractivity contribution < 1.29 is 18.8 Å². The summed E-state index contributed by atoms with van der Waals surface area (Å²) < 4.78 is 18.4. The van der Waals surface area contributed by atoms with Gasteiger partial charge in [0.2, 0.25) is 5.76 Å². The molecule has 19 heavy (non-hydrogen) atoms. The standard InChI is InChI=1S/C13H9FN2O3/c1-6-11(9-5-10(13(17)18)19-16-9)7-3-2-4-8(14)12(7)15-6/h2-5,15H,1H3,(H,17,18). The summed E-state index contributed by atoms with van der Waals surface area (Å²) in [4.78, 5) is 13.7. The van der Waals surface area contributed by atoms with E-state index in [4.69, 9.17) is 9.63 Å². The van der Waals surface area contributed by atoms with Crippen LogP contribution in [-0.2, 0) is 0 Å². The molecule has 5 nitrogen and oxygen atoms in total. The number of nitrogens with one attached hydrogen (secondary N) is 1. The highest BCUT2D eigenvalue weighted by molar-refractivity contribution is 5.97. The van der Waals surface area contributed by atoms with Crippen LogP contribution < -0.4 is 0 Å². The van der Waals surface area contributed by atoms with Gasteiger partial charge in [-0.3, -0.25) is 0 Å². The number of aromatic carboxylic acids is 1. The first-order chi connectivity index (χ1) is 9.08. The highest BCUT2D eigenvalue weighted by Crippen LogP contribution is 2.32. The van der Waals surface area contributed by atoms with Crippen LogP contribution in [0.4, 0.5) is 4.39 Å². The molecule has 0 saturated heterocycles. The lowest BCUT2D eigenvalue weighted by atomic mass is 10.1. The van der Waals surface area contributed by atoms with Crippen LogP contribution in [0.1, 0.15) is 16.2 Å². The third-order valence-electron chi connectivity index (χ3n) is 2.95. The molecule has 0 atom stereocenters. The van der Waals surface area contributed by atoms with Gasteiger partial charge in [-0.05, 0) is 13.0 Å². The molecule has 3 rings (SSSR count). The number of H-pyrrole nitrogens is 1. The molecule has 0 aliphatic heterocycles. The van der Waals surface area contributed by atoms with Crippen LogP contribution in [0.25, 0.3) is 22.2 Å². The maximum Gasteiger partial charge on any atom is 0.374 e. The Bertz CT molecular complexity index is 788. The quantitative estimate of drug-likeness (QED) is 0.742. The van der Waals surface area contributed by atoms with E-state index in [1.54, 1.807) is 19.1 Å². The predicted octanol–water partition coefficient (Wildman–Crippen LogP) is 2.97. The number of carboxylic acids is 1. The fourth-order valence-electron chi connectivity index (χ4n) is 2.14. The van der Waals surface area contributed by atoms with Crippen molar-refractivity contribution in [3.63, 3.8) is 0 Å². The molecule has 0 aliphatic rings. The number of carboxylic acid groups (broad SMARTS) is 1. The van der Waals surface area contributed by atoms with Gasteiger partial charge in [-0.1, -0.05) is 17.3 Å². The number of halogens is 1. The largest absolute Gasteiger partial charge is 0.475 e. The second-order valence-electron chi connectivity index (χ2n) is 4.17. The second kappa shape index (κ2) is 3.94. The first-order valence-corrected chi connectivity index (χ1v) is 5.55. The first kappa shape index (κ1) is 11.5. The summed E-state index contributed by atoms with van der Waals surface area (Å²) in [6.45, 7) is 1.77. The van der Waals surface area contributed by atoms with Crippen molar-refractivity contribution in [2.24, 2.45) is 0 Å². The Morgan fingerprint density at radius 1 is 1.47 bits per heavy atom. The van der Waals surface area contributed by atoms with E-state index in [0.717, 1.165) is 0 Å².